The second-order valence-electron chi connectivity index (χ2n) is 5.08. The summed E-state index contributed by atoms with van der Waals surface area (Å²) in [5.74, 6) is 1.06. The number of nitrogens with one attached hydrogen (secondary N) is 1. The number of anilines is 1. The van der Waals surface area contributed by atoms with E-state index < -0.39 is 0 Å². The fourth-order valence-corrected chi connectivity index (χ4v) is 2.33. The molecular formula is C14H23FIN5. The highest BCUT2D eigenvalue weighted by atomic mass is 127. The monoisotopic (exact) mass is 407 g/mol. The Balaban J connectivity index is 0.00000220. The molecule has 1 aromatic rings. The average Bonchev–Trinajstić information content (AvgIpc) is 2.87. The van der Waals surface area contributed by atoms with Crippen LogP contribution in [-0.2, 0) is 0 Å². The Kier molecular flexibility index (Phi) is 7.13. The molecule has 0 aliphatic carbocycles. The van der Waals surface area contributed by atoms with Gasteiger partial charge in [-0.2, -0.15) is 0 Å². The van der Waals surface area contributed by atoms with Crippen LogP contribution >= 0.6 is 24.0 Å². The molecule has 0 spiro atoms. The van der Waals surface area contributed by atoms with Crippen molar-refractivity contribution in [3.05, 3.63) is 24.1 Å². The van der Waals surface area contributed by atoms with Gasteiger partial charge in [-0.15, -0.1) is 24.0 Å². The summed E-state index contributed by atoms with van der Waals surface area (Å²) in [4.78, 5) is 12.5. The van der Waals surface area contributed by atoms with Crippen LogP contribution in [0.4, 0.5) is 10.2 Å². The summed E-state index contributed by atoms with van der Waals surface area (Å²) in [5.41, 5.74) is 0. The molecule has 0 radical (unpaired) electrons. The van der Waals surface area contributed by atoms with Gasteiger partial charge in [0.15, 0.2) is 17.6 Å². The molecule has 1 aromatic heterocycles. The van der Waals surface area contributed by atoms with Crippen LogP contribution in [-0.4, -0.2) is 55.6 Å². The standard InChI is InChI=1S/C14H22FN5.HI/c1-4-16-14(19(2)3)18-11-7-9-20(10-11)13-12(15)6-5-8-17-13;/h5-6,8,11H,4,7,9-10H2,1-3H3,(H,16,18);1H. The van der Waals surface area contributed by atoms with Crippen molar-refractivity contribution in [2.45, 2.75) is 19.4 Å². The molecule has 1 fully saturated rings. The molecule has 0 amide bonds. The minimum atomic E-state index is -0.261. The van der Waals surface area contributed by atoms with Crippen LogP contribution in [0.2, 0.25) is 0 Å². The van der Waals surface area contributed by atoms with Crippen LogP contribution in [0.5, 0.6) is 0 Å². The van der Waals surface area contributed by atoms with Gasteiger partial charge in [0.25, 0.3) is 0 Å². The van der Waals surface area contributed by atoms with Crippen LogP contribution in [0.1, 0.15) is 13.3 Å². The highest BCUT2D eigenvalue weighted by Crippen LogP contribution is 2.20. The lowest BCUT2D eigenvalue weighted by Gasteiger charge is -2.22. The van der Waals surface area contributed by atoms with Gasteiger partial charge in [-0.25, -0.2) is 9.37 Å². The van der Waals surface area contributed by atoms with Crippen molar-refractivity contribution in [1.29, 1.82) is 0 Å². The number of rotatable bonds is 3. The van der Waals surface area contributed by atoms with Crippen molar-refractivity contribution >= 4 is 35.8 Å². The van der Waals surface area contributed by atoms with E-state index in [1.165, 1.54) is 6.07 Å². The summed E-state index contributed by atoms with van der Waals surface area (Å²) in [6.45, 7) is 4.30. The van der Waals surface area contributed by atoms with Gasteiger partial charge in [0.1, 0.15) is 0 Å². The molecule has 1 aliphatic heterocycles. The number of aliphatic imine (C=N–C) groups is 1. The highest BCUT2D eigenvalue weighted by Gasteiger charge is 2.26. The van der Waals surface area contributed by atoms with E-state index in [-0.39, 0.29) is 35.8 Å². The summed E-state index contributed by atoms with van der Waals surface area (Å²) in [6, 6.07) is 3.33. The van der Waals surface area contributed by atoms with Gasteiger partial charge in [0.2, 0.25) is 0 Å². The van der Waals surface area contributed by atoms with Crippen molar-refractivity contribution in [3.63, 3.8) is 0 Å². The third-order valence-corrected chi connectivity index (χ3v) is 3.29. The van der Waals surface area contributed by atoms with Crippen molar-refractivity contribution in [3.8, 4) is 0 Å². The maximum absolute atomic E-state index is 13.7. The topological polar surface area (TPSA) is 43.8 Å². The first-order chi connectivity index (χ1) is 9.61. The third-order valence-electron chi connectivity index (χ3n) is 3.29. The maximum Gasteiger partial charge on any atom is 0.193 e. The van der Waals surface area contributed by atoms with Crippen molar-refractivity contribution in [1.82, 2.24) is 15.2 Å². The molecule has 7 heteroatoms. The molecular weight excluding hydrogens is 384 g/mol. The molecule has 1 atom stereocenters. The Hall–Kier alpha value is -1.12. The molecule has 1 unspecified atom stereocenters. The minimum Gasteiger partial charge on any atom is -0.352 e. The van der Waals surface area contributed by atoms with Gasteiger partial charge in [0.05, 0.1) is 0 Å². The first-order valence-corrected chi connectivity index (χ1v) is 6.95. The molecule has 5 nitrogen and oxygen atoms in total. The first kappa shape index (κ1) is 17.9. The van der Waals surface area contributed by atoms with Crippen LogP contribution in [0, 0.1) is 5.82 Å². The van der Waals surface area contributed by atoms with E-state index >= 15 is 0 Å². The van der Waals surface area contributed by atoms with Gasteiger partial charge in [-0.3, -0.25) is 4.99 Å². The van der Waals surface area contributed by atoms with Gasteiger partial charge in [-0.05, 0) is 25.5 Å². The van der Waals surface area contributed by atoms with Gasteiger partial charge >= 0.3 is 0 Å². The van der Waals surface area contributed by atoms with Gasteiger partial charge < -0.3 is 15.1 Å². The lowest BCUT2D eigenvalue weighted by molar-refractivity contribution is 0.546. The second-order valence-corrected chi connectivity index (χ2v) is 5.08. The molecule has 1 N–H and O–H groups in total. The van der Waals surface area contributed by atoms with E-state index in [1.807, 2.05) is 30.8 Å². The molecule has 0 saturated carbocycles. The molecule has 1 saturated heterocycles. The fourth-order valence-electron chi connectivity index (χ4n) is 2.33. The van der Waals surface area contributed by atoms with Crippen LogP contribution in [0.3, 0.4) is 0 Å². The van der Waals surface area contributed by atoms with Gasteiger partial charge in [-0.1, -0.05) is 0 Å². The largest absolute Gasteiger partial charge is 0.352 e. The summed E-state index contributed by atoms with van der Waals surface area (Å²) in [6.07, 6.45) is 2.58. The molecule has 118 valence electrons. The summed E-state index contributed by atoms with van der Waals surface area (Å²) in [5, 5.41) is 3.42. The molecule has 2 rings (SSSR count). The van der Waals surface area contributed by atoms with E-state index in [4.69, 9.17) is 0 Å². The van der Waals surface area contributed by atoms with Crippen LogP contribution in [0.25, 0.3) is 0 Å². The highest BCUT2D eigenvalue weighted by molar-refractivity contribution is 14.0. The SMILES string of the molecule is CCN=C(NC1CCN(c2ncccc2F)C1)N(C)C.I. The molecule has 0 bridgehead atoms. The zero-order valence-electron chi connectivity index (χ0n) is 12.7. The predicted molar refractivity (Wildman–Crippen MR) is 95.0 cm³/mol. The molecule has 21 heavy (non-hydrogen) atoms. The quantitative estimate of drug-likeness (QED) is 0.473. The minimum absolute atomic E-state index is 0. The Morgan fingerprint density at radius 3 is 2.95 bits per heavy atom. The molecule has 2 heterocycles. The third kappa shape index (κ3) is 4.69. The van der Waals surface area contributed by atoms with Crippen molar-refractivity contribution < 1.29 is 4.39 Å². The Labute approximate surface area is 142 Å². The number of hydrogen-bond donors (Lipinski definition) is 1. The van der Waals surface area contributed by atoms with E-state index in [2.05, 4.69) is 15.3 Å². The van der Waals surface area contributed by atoms with E-state index in [0.717, 1.165) is 32.0 Å². The summed E-state index contributed by atoms with van der Waals surface area (Å²) >= 11 is 0. The lowest BCUT2D eigenvalue weighted by atomic mass is 10.3. The van der Waals surface area contributed by atoms with Gasteiger partial charge in [0, 0.05) is 46.0 Å². The second kappa shape index (κ2) is 8.35. The summed E-state index contributed by atoms with van der Waals surface area (Å²) < 4.78 is 13.7. The van der Waals surface area contributed by atoms with Crippen molar-refractivity contribution in [2.75, 3.05) is 38.6 Å². The first-order valence-electron chi connectivity index (χ1n) is 6.95. The zero-order chi connectivity index (χ0) is 14.5. The molecule has 0 aromatic carbocycles. The average molecular weight is 407 g/mol. The van der Waals surface area contributed by atoms with Crippen molar-refractivity contribution in [2.24, 2.45) is 4.99 Å². The van der Waals surface area contributed by atoms with Crippen LogP contribution < -0.4 is 10.2 Å². The zero-order valence-corrected chi connectivity index (χ0v) is 15.0. The fraction of sp³-hybridized carbons (Fsp3) is 0.571. The van der Waals surface area contributed by atoms with E-state index in [1.54, 1.807) is 12.3 Å². The smallest absolute Gasteiger partial charge is 0.193 e. The number of pyridine rings is 1. The predicted octanol–water partition coefficient (Wildman–Crippen LogP) is 1.94. The summed E-state index contributed by atoms with van der Waals surface area (Å²) in [7, 11) is 3.93. The Bertz CT molecular complexity index is 480. The Morgan fingerprint density at radius 1 is 1.57 bits per heavy atom. The lowest BCUT2D eigenvalue weighted by Crippen LogP contribution is -2.44. The van der Waals surface area contributed by atoms with Crippen LogP contribution in [0.15, 0.2) is 23.3 Å². The number of hydrogen-bond acceptors (Lipinski definition) is 3. The number of halogens is 2. The molecule has 1 aliphatic rings. The number of aromatic nitrogens is 1. The van der Waals surface area contributed by atoms with E-state index in [0.29, 0.717) is 5.82 Å². The number of nitrogens with zero attached hydrogens (tertiary/aromatic N) is 4. The normalized spacial score (nSPS) is 18.4. The number of guanidine groups is 1. The van der Waals surface area contributed by atoms with E-state index in [9.17, 15) is 4.39 Å². The maximum atomic E-state index is 13.7. The Morgan fingerprint density at radius 2 is 2.33 bits per heavy atom.